The molecule has 3 heterocycles. The largest absolute Gasteiger partial charge is 0.371 e. The molecule has 0 aliphatic carbocycles. The molecule has 0 bridgehead atoms. The van der Waals surface area contributed by atoms with Crippen LogP contribution in [0.5, 0.6) is 0 Å². The molecule has 1 saturated heterocycles. The van der Waals surface area contributed by atoms with Gasteiger partial charge in [-0.15, -0.1) is 0 Å². The van der Waals surface area contributed by atoms with Crippen LogP contribution in [-0.2, 0) is 11.8 Å². The van der Waals surface area contributed by atoms with Gasteiger partial charge in [-0.25, -0.2) is 4.79 Å². The summed E-state index contributed by atoms with van der Waals surface area (Å²) in [5, 5.41) is 13.5. The highest BCUT2D eigenvalue weighted by Crippen LogP contribution is 2.28. The van der Waals surface area contributed by atoms with Crippen molar-refractivity contribution in [1.29, 1.82) is 0 Å². The van der Waals surface area contributed by atoms with Crippen LogP contribution in [0.2, 0.25) is 0 Å². The molecule has 1 aliphatic rings. The zero-order chi connectivity index (χ0) is 15.5. The van der Waals surface area contributed by atoms with E-state index in [1.54, 1.807) is 23.9 Å². The van der Waals surface area contributed by atoms with Crippen molar-refractivity contribution in [1.82, 2.24) is 20.3 Å². The Morgan fingerprint density at radius 2 is 2.36 bits per heavy atom. The summed E-state index contributed by atoms with van der Waals surface area (Å²) in [5.74, 6) is 1.04. The van der Waals surface area contributed by atoms with Crippen molar-refractivity contribution < 1.29 is 14.1 Å². The Bertz CT molecular complexity index is 650. The highest BCUT2D eigenvalue weighted by atomic mass is 16.5. The lowest BCUT2D eigenvalue weighted by Crippen LogP contribution is -2.44. The van der Waals surface area contributed by atoms with Crippen molar-refractivity contribution in [3.63, 3.8) is 0 Å². The third kappa shape index (κ3) is 3.28. The monoisotopic (exact) mass is 305 g/mol. The van der Waals surface area contributed by atoms with E-state index in [0.717, 1.165) is 18.4 Å². The number of nitrogens with one attached hydrogen (secondary N) is 2. The highest BCUT2D eigenvalue weighted by Gasteiger charge is 2.29. The number of aryl methyl sites for hydroxylation is 2. The van der Waals surface area contributed by atoms with Gasteiger partial charge in [0, 0.05) is 31.5 Å². The van der Waals surface area contributed by atoms with Gasteiger partial charge in [0.2, 0.25) is 0 Å². The summed E-state index contributed by atoms with van der Waals surface area (Å²) < 4.78 is 12.5. The van der Waals surface area contributed by atoms with Gasteiger partial charge in [0.25, 0.3) is 0 Å². The summed E-state index contributed by atoms with van der Waals surface area (Å²) >= 11 is 0. The van der Waals surface area contributed by atoms with Gasteiger partial charge in [0.15, 0.2) is 5.82 Å². The molecular formula is C14H19N5O3. The van der Waals surface area contributed by atoms with Crippen molar-refractivity contribution in [3.05, 3.63) is 29.8 Å². The molecule has 2 amide bonds. The van der Waals surface area contributed by atoms with Crippen molar-refractivity contribution in [3.8, 4) is 0 Å². The SMILES string of the molecule is Cc1cc(NC(=O)N[C@H]2CCCO[C@@H]2c2cnn(C)c2)no1. The first-order valence-electron chi connectivity index (χ1n) is 7.23. The molecule has 1 fully saturated rings. The maximum Gasteiger partial charge on any atom is 0.320 e. The molecule has 1 aliphatic heterocycles. The molecule has 2 atom stereocenters. The van der Waals surface area contributed by atoms with Gasteiger partial charge in [0.1, 0.15) is 11.9 Å². The number of rotatable bonds is 3. The van der Waals surface area contributed by atoms with Gasteiger partial charge in [-0.05, 0) is 19.8 Å². The summed E-state index contributed by atoms with van der Waals surface area (Å²) in [6.07, 6.45) is 5.25. The lowest BCUT2D eigenvalue weighted by Gasteiger charge is -2.31. The quantitative estimate of drug-likeness (QED) is 0.901. The van der Waals surface area contributed by atoms with E-state index in [9.17, 15) is 4.79 Å². The number of ether oxygens (including phenoxy) is 1. The molecular weight excluding hydrogens is 286 g/mol. The maximum absolute atomic E-state index is 12.1. The molecule has 3 rings (SSSR count). The molecule has 2 aromatic heterocycles. The minimum Gasteiger partial charge on any atom is -0.371 e. The third-order valence-electron chi connectivity index (χ3n) is 3.56. The summed E-state index contributed by atoms with van der Waals surface area (Å²) in [5.41, 5.74) is 0.963. The second-order valence-electron chi connectivity index (χ2n) is 5.41. The molecule has 2 aromatic rings. The Hall–Kier alpha value is -2.35. The van der Waals surface area contributed by atoms with E-state index in [4.69, 9.17) is 9.26 Å². The predicted octanol–water partition coefficient (Wildman–Crippen LogP) is 1.76. The smallest absolute Gasteiger partial charge is 0.320 e. The number of nitrogens with zero attached hydrogens (tertiary/aromatic N) is 3. The zero-order valence-electron chi connectivity index (χ0n) is 12.6. The van der Waals surface area contributed by atoms with E-state index in [-0.39, 0.29) is 18.2 Å². The fourth-order valence-corrected chi connectivity index (χ4v) is 2.59. The fraction of sp³-hybridized carbons (Fsp3) is 0.500. The molecule has 2 N–H and O–H groups in total. The van der Waals surface area contributed by atoms with Gasteiger partial charge in [-0.1, -0.05) is 5.16 Å². The maximum atomic E-state index is 12.1. The number of hydrogen-bond acceptors (Lipinski definition) is 5. The summed E-state index contributed by atoms with van der Waals surface area (Å²) in [6.45, 7) is 2.45. The van der Waals surface area contributed by atoms with E-state index in [1.165, 1.54) is 0 Å². The number of anilines is 1. The van der Waals surface area contributed by atoms with Crippen LogP contribution in [0.1, 0.15) is 30.3 Å². The molecule has 22 heavy (non-hydrogen) atoms. The van der Waals surface area contributed by atoms with Gasteiger partial charge in [-0.3, -0.25) is 10.00 Å². The average molecular weight is 305 g/mol. The predicted molar refractivity (Wildman–Crippen MR) is 78.3 cm³/mol. The number of carbonyl (C=O) groups excluding carboxylic acids is 1. The Morgan fingerprint density at radius 1 is 1.50 bits per heavy atom. The van der Waals surface area contributed by atoms with E-state index in [1.807, 2.05) is 13.2 Å². The van der Waals surface area contributed by atoms with Crippen molar-refractivity contribution in [2.24, 2.45) is 7.05 Å². The van der Waals surface area contributed by atoms with Crippen LogP contribution in [0.25, 0.3) is 0 Å². The van der Waals surface area contributed by atoms with Crippen LogP contribution in [0.15, 0.2) is 23.0 Å². The molecule has 118 valence electrons. The van der Waals surface area contributed by atoms with Gasteiger partial charge < -0.3 is 14.6 Å². The van der Waals surface area contributed by atoms with E-state index in [0.29, 0.717) is 18.2 Å². The second kappa shape index (κ2) is 6.18. The molecule has 0 saturated carbocycles. The normalized spacial score (nSPS) is 21.5. The molecule has 8 heteroatoms. The zero-order valence-corrected chi connectivity index (χ0v) is 12.6. The Labute approximate surface area is 127 Å². The number of amides is 2. The van der Waals surface area contributed by atoms with Crippen molar-refractivity contribution >= 4 is 11.8 Å². The number of aromatic nitrogens is 3. The Balaban J connectivity index is 1.64. The summed E-state index contributed by atoms with van der Waals surface area (Å²) in [4.78, 5) is 12.1. The standard InChI is InChI=1S/C14H19N5O3/c1-9-6-12(18-22-9)17-14(20)16-11-4-3-5-21-13(11)10-7-15-19(2)8-10/h6-8,11,13H,3-5H2,1-2H3,(H2,16,17,18,20)/t11-,13+/m0/s1. The molecule has 0 unspecified atom stereocenters. The van der Waals surface area contributed by atoms with Crippen LogP contribution in [-0.4, -0.2) is 33.6 Å². The van der Waals surface area contributed by atoms with Crippen molar-refractivity contribution in [2.45, 2.75) is 31.9 Å². The summed E-state index contributed by atoms with van der Waals surface area (Å²) in [6, 6.07) is 1.24. The first-order valence-corrected chi connectivity index (χ1v) is 7.23. The first-order chi connectivity index (χ1) is 10.6. The fourth-order valence-electron chi connectivity index (χ4n) is 2.59. The highest BCUT2D eigenvalue weighted by molar-refractivity contribution is 5.88. The lowest BCUT2D eigenvalue weighted by molar-refractivity contribution is -0.00700. The van der Waals surface area contributed by atoms with Gasteiger partial charge in [0.05, 0.1) is 12.2 Å². The first kappa shape index (κ1) is 14.6. The van der Waals surface area contributed by atoms with E-state index < -0.39 is 0 Å². The molecule has 0 spiro atoms. The van der Waals surface area contributed by atoms with Crippen LogP contribution in [0.3, 0.4) is 0 Å². The molecule has 0 radical (unpaired) electrons. The number of carbonyl (C=O) groups is 1. The lowest BCUT2D eigenvalue weighted by atomic mass is 9.98. The Kier molecular flexibility index (Phi) is 4.10. The van der Waals surface area contributed by atoms with Gasteiger partial charge in [-0.2, -0.15) is 5.10 Å². The molecule has 0 aromatic carbocycles. The summed E-state index contributed by atoms with van der Waals surface area (Å²) in [7, 11) is 1.86. The van der Waals surface area contributed by atoms with Crippen LogP contribution in [0, 0.1) is 6.92 Å². The van der Waals surface area contributed by atoms with Crippen LogP contribution < -0.4 is 10.6 Å². The van der Waals surface area contributed by atoms with Crippen molar-refractivity contribution in [2.75, 3.05) is 11.9 Å². The average Bonchev–Trinajstić information content (AvgIpc) is 3.08. The minimum absolute atomic E-state index is 0.106. The topological polar surface area (TPSA) is 94.2 Å². The number of hydrogen-bond donors (Lipinski definition) is 2. The van der Waals surface area contributed by atoms with E-state index in [2.05, 4.69) is 20.9 Å². The molecule has 8 nitrogen and oxygen atoms in total. The van der Waals surface area contributed by atoms with E-state index >= 15 is 0 Å². The minimum atomic E-state index is -0.322. The number of urea groups is 1. The second-order valence-corrected chi connectivity index (χ2v) is 5.41. The van der Waals surface area contributed by atoms with Crippen LogP contribution >= 0.6 is 0 Å². The Morgan fingerprint density at radius 3 is 3.05 bits per heavy atom. The third-order valence-corrected chi connectivity index (χ3v) is 3.56. The van der Waals surface area contributed by atoms with Crippen LogP contribution in [0.4, 0.5) is 10.6 Å². The van der Waals surface area contributed by atoms with Gasteiger partial charge >= 0.3 is 6.03 Å².